The number of carboxylic acid groups (broad SMARTS) is 1. The number of aromatic nitrogens is 2. The lowest BCUT2D eigenvalue weighted by atomic mass is 10.4. The van der Waals surface area contributed by atoms with Gasteiger partial charge >= 0.3 is 5.97 Å². The van der Waals surface area contributed by atoms with E-state index in [1.165, 1.54) is 22.7 Å². The molecule has 0 spiro atoms. The van der Waals surface area contributed by atoms with E-state index in [4.69, 9.17) is 14.3 Å². The summed E-state index contributed by atoms with van der Waals surface area (Å²) in [5.41, 5.74) is 0. The van der Waals surface area contributed by atoms with Crippen LogP contribution in [0.4, 0.5) is 0 Å². The summed E-state index contributed by atoms with van der Waals surface area (Å²) in [4.78, 5) is 13.0. The Hall–Kier alpha value is -2.19. The normalized spacial score (nSPS) is 10.7. The summed E-state index contributed by atoms with van der Waals surface area (Å²) >= 11 is 2.67. The van der Waals surface area contributed by atoms with Crippen LogP contribution < -0.4 is 4.74 Å². The van der Waals surface area contributed by atoms with Gasteiger partial charge in [-0.05, 0) is 24.4 Å². The molecule has 0 bridgehead atoms. The number of carboxylic acids is 1. The van der Waals surface area contributed by atoms with Crippen LogP contribution in [-0.4, -0.2) is 21.3 Å². The fraction of sp³-hybridized carbons (Fsp3) is 0.154. The first-order chi connectivity index (χ1) is 10.1. The van der Waals surface area contributed by atoms with Crippen molar-refractivity contribution in [3.63, 3.8) is 0 Å². The van der Waals surface area contributed by atoms with E-state index in [2.05, 4.69) is 10.2 Å². The number of thiophene rings is 2. The lowest BCUT2D eigenvalue weighted by Gasteiger charge is -2.01. The zero-order valence-corrected chi connectivity index (χ0v) is 12.5. The summed E-state index contributed by atoms with van der Waals surface area (Å²) in [6.45, 7) is 1.86. The second kappa shape index (κ2) is 5.66. The maximum Gasteiger partial charge on any atom is 0.349 e. The van der Waals surface area contributed by atoms with Gasteiger partial charge in [0.1, 0.15) is 5.75 Å². The number of nitrogens with zero attached hydrogens (tertiary/aromatic N) is 2. The van der Waals surface area contributed by atoms with Gasteiger partial charge in [0.15, 0.2) is 11.5 Å². The molecule has 3 heterocycles. The van der Waals surface area contributed by atoms with E-state index < -0.39 is 5.97 Å². The molecule has 1 N–H and O–H groups in total. The molecule has 0 aliphatic rings. The Balaban J connectivity index is 1.72. The van der Waals surface area contributed by atoms with Crippen LogP contribution in [0.2, 0.25) is 0 Å². The van der Waals surface area contributed by atoms with Gasteiger partial charge in [0.2, 0.25) is 0 Å². The van der Waals surface area contributed by atoms with Crippen molar-refractivity contribution in [2.45, 2.75) is 13.5 Å². The third-order valence-electron chi connectivity index (χ3n) is 2.57. The predicted octanol–water partition coefficient (Wildman–Crippen LogP) is 3.45. The van der Waals surface area contributed by atoms with E-state index in [0.717, 1.165) is 9.75 Å². The van der Waals surface area contributed by atoms with Gasteiger partial charge in [-0.25, -0.2) is 4.79 Å². The van der Waals surface area contributed by atoms with Crippen LogP contribution in [-0.2, 0) is 6.61 Å². The summed E-state index contributed by atoms with van der Waals surface area (Å²) in [5, 5.41) is 18.8. The van der Waals surface area contributed by atoms with Crippen molar-refractivity contribution in [3.8, 4) is 16.5 Å². The minimum Gasteiger partial charge on any atom is -0.482 e. The Morgan fingerprint density at radius 2 is 2.33 bits per heavy atom. The van der Waals surface area contributed by atoms with E-state index >= 15 is 0 Å². The summed E-state index contributed by atoms with van der Waals surface area (Å²) in [6.07, 6.45) is 0. The first kappa shape index (κ1) is 13.8. The Bertz CT molecular complexity index is 761. The molecule has 0 saturated carbocycles. The van der Waals surface area contributed by atoms with E-state index in [9.17, 15) is 4.79 Å². The first-order valence-electron chi connectivity index (χ1n) is 5.96. The topological polar surface area (TPSA) is 85.5 Å². The van der Waals surface area contributed by atoms with Crippen molar-refractivity contribution < 1.29 is 19.1 Å². The molecule has 8 heteroatoms. The summed E-state index contributed by atoms with van der Waals surface area (Å²) < 4.78 is 10.9. The van der Waals surface area contributed by atoms with E-state index in [1.807, 2.05) is 24.4 Å². The molecule has 108 valence electrons. The maximum absolute atomic E-state index is 11.1. The summed E-state index contributed by atoms with van der Waals surface area (Å²) in [7, 11) is 0. The number of aryl methyl sites for hydroxylation is 1. The molecule has 0 saturated heterocycles. The van der Waals surface area contributed by atoms with Crippen molar-refractivity contribution in [3.05, 3.63) is 39.2 Å². The van der Waals surface area contributed by atoms with Crippen LogP contribution >= 0.6 is 22.7 Å². The van der Waals surface area contributed by atoms with Gasteiger partial charge in [0.05, 0.1) is 4.88 Å². The SMILES string of the molecule is Cc1cc(OCc2nnc(-c3cccs3)o2)c(C(=O)O)s1. The number of ether oxygens (including phenoxy) is 1. The van der Waals surface area contributed by atoms with Crippen LogP contribution in [0, 0.1) is 6.92 Å². The second-order valence-electron chi connectivity index (χ2n) is 4.12. The number of aromatic carboxylic acids is 1. The molecule has 3 aromatic rings. The second-order valence-corrected chi connectivity index (χ2v) is 6.33. The highest BCUT2D eigenvalue weighted by atomic mass is 32.1. The van der Waals surface area contributed by atoms with Crippen LogP contribution in [0.3, 0.4) is 0 Å². The van der Waals surface area contributed by atoms with Crippen LogP contribution in [0.15, 0.2) is 28.0 Å². The minimum absolute atomic E-state index is 0.0365. The molecule has 0 aliphatic carbocycles. The van der Waals surface area contributed by atoms with Crippen molar-refractivity contribution in [1.29, 1.82) is 0 Å². The molecular formula is C13H10N2O4S2. The first-order valence-corrected chi connectivity index (χ1v) is 7.66. The third kappa shape index (κ3) is 2.96. The van der Waals surface area contributed by atoms with Gasteiger partial charge in [-0.15, -0.1) is 32.9 Å². The highest BCUT2D eigenvalue weighted by Crippen LogP contribution is 2.30. The quantitative estimate of drug-likeness (QED) is 0.774. The highest BCUT2D eigenvalue weighted by Gasteiger charge is 2.17. The molecule has 0 radical (unpaired) electrons. The number of hydrogen-bond donors (Lipinski definition) is 1. The average molecular weight is 322 g/mol. The zero-order chi connectivity index (χ0) is 14.8. The van der Waals surface area contributed by atoms with Gasteiger partial charge < -0.3 is 14.3 Å². The van der Waals surface area contributed by atoms with E-state index in [1.54, 1.807) is 6.07 Å². The molecule has 21 heavy (non-hydrogen) atoms. The number of hydrogen-bond acceptors (Lipinski definition) is 7. The molecule has 0 fully saturated rings. The molecule has 0 atom stereocenters. The molecule has 6 nitrogen and oxygen atoms in total. The van der Waals surface area contributed by atoms with Gasteiger partial charge in [-0.3, -0.25) is 0 Å². The standard InChI is InChI=1S/C13H10N2O4S2/c1-7-5-8(11(21-7)13(16)17)18-6-10-14-15-12(19-10)9-3-2-4-20-9/h2-5H,6H2,1H3,(H,16,17). The van der Waals surface area contributed by atoms with E-state index in [0.29, 0.717) is 17.5 Å². The van der Waals surface area contributed by atoms with Crippen molar-refractivity contribution in [2.75, 3.05) is 0 Å². The van der Waals surface area contributed by atoms with Crippen molar-refractivity contribution in [2.24, 2.45) is 0 Å². The zero-order valence-electron chi connectivity index (χ0n) is 10.9. The van der Waals surface area contributed by atoms with Crippen LogP contribution in [0.1, 0.15) is 20.4 Å². The Labute approximate surface area is 127 Å². The smallest absolute Gasteiger partial charge is 0.349 e. The van der Waals surface area contributed by atoms with Crippen molar-refractivity contribution in [1.82, 2.24) is 10.2 Å². The molecule has 0 aliphatic heterocycles. The maximum atomic E-state index is 11.1. The van der Waals surface area contributed by atoms with Gasteiger partial charge in [0.25, 0.3) is 11.8 Å². The number of rotatable bonds is 5. The largest absolute Gasteiger partial charge is 0.482 e. The van der Waals surface area contributed by atoms with E-state index in [-0.39, 0.29) is 11.5 Å². The summed E-state index contributed by atoms with van der Waals surface area (Å²) in [6, 6.07) is 5.46. The fourth-order valence-corrected chi connectivity index (χ4v) is 3.14. The summed E-state index contributed by atoms with van der Waals surface area (Å²) in [5.74, 6) is 0.0518. The third-order valence-corrected chi connectivity index (χ3v) is 4.44. The van der Waals surface area contributed by atoms with Gasteiger partial charge in [0, 0.05) is 4.88 Å². The fourth-order valence-electron chi connectivity index (χ4n) is 1.70. The molecule has 0 amide bonds. The average Bonchev–Trinajstić information content (AvgIpc) is 3.16. The highest BCUT2D eigenvalue weighted by molar-refractivity contribution is 7.14. The number of carbonyl (C=O) groups is 1. The monoisotopic (exact) mass is 322 g/mol. The predicted molar refractivity (Wildman–Crippen MR) is 78.0 cm³/mol. The Morgan fingerprint density at radius 1 is 1.48 bits per heavy atom. The molecular weight excluding hydrogens is 312 g/mol. The molecule has 0 aromatic carbocycles. The van der Waals surface area contributed by atoms with Crippen LogP contribution in [0.25, 0.3) is 10.8 Å². The Kier molecular flexibility index (Phi) is 3.72. The lowest BCUT2D eigenvalue weighted by Crippen LogP contribution is -2.00. The van der Waals surface area contributed by atoms with Crippen molar-refractivity contribution >= 4 is 28.6 Å². The molecule has 0 unspecified atom stereocenters. The van der Waals surface area contributed by atoms with Gasteiger partial charge in [-0.2, -0.15) is 0 Å². The molecule has 3 rings (SSSR count). The lowest BCUT2D eigenvalue weighted by molar-refractivity contribution is 0.0697. The molecule has 3 aromatic heterocycles. The van der Waals surface area contributed by atoms with Gasteiger partial charge in [-0.1, -0.05) is 6.07 Å². The Morgan fingerprint density at radius 3 is 3.05 bits per heavy atom. The minimum atomic E-state index is -1.01. The van der Waals surface area contributed by atoms with Crippen LogP contribution in [0.5, 0.6) is 5.75 Å².